The summed E-state index contributed by atoms with van der Waals surface area (Å²) < 4.78 is 36.4. The molecule has 14 heteroatoms. The molecule has 9 fully saturated rings. The molecule has 9 rings (SSSR count). The van der Waals surface area contributed by atoms with Gasteiger partial charge in [-0.1, -0.05) is 27.2 Å². The van der Waals surface area contributed by atoms with Crippen LogP contribution in [0.15, 0.2) is 0 Å². The zero-order valence-electron chi connectivity index (χ0n) is 62.0. The highest BCUT2D eigenvalue weighted by molar-refractivity contribution is 4.81. The topological polar surface area (TPSA) is 50.9 Å². The molecule has 9 aliphatic rings. The van der Waals surface area contributed by atoms with E-state index in [9.17, 15) is 8.78 Å². The van der Waals surface area contributed by atoms with Crippen molar-refractivity contribution in [2.24, 2.45) is 17.8 Å². The fourth-order valence-corrected chi connectivity index (χ4v) is 12.7. The minimum absolute atomic E-state index is 0.0509. The van der Waals surface area contributed by atoms with E-state index in [1.54, 1.807) is 0 Å². The van der Waals surface area contributed by atoms with Crippen LogP contribution < -0.4 is 0 Å². The number of morpholine rings is 2. The van der Waals surface area contributed by atoms with E-state index in [0.717, 1.165) is 99.9 Å². The third kappa shape index (κ3) is 39.0. The second-order valence-electron chi connectivity index (χ2n) is 30.3. The van der Waals surface area contributed by atoms with Crippen LogP contribution in [0.3, 0.4) is 0 Å². The van der Waals surface area contributed by atoms with Crippen molar-refractivity contribution in [2.75, 3.05) is 151 Å². The second-order valence-corrected chi connectivity index (χ2v) is 30.3. The van der Waals surface area contributed by atoms with Crippen LogP contribution in [0.25, 0.3) is 0 Å². The Hall–Kier alpha value is -0.620. The number of likely N-dealkylation sites (N-methyl/N-ethyl adjacent to an activating group) is 1. The summed E-state index contributed by atoms with van der Waals surface area (Å²) in [5, 5.41) is 0. The molecule has 0 saturated carbocycles. The van der Waals surface area contributed by atoms with Gasteiger partial charge in [0.2, 0.25) is 0 Å². The number of hydrogen-bond acceptors (Lipinski definition) is 12. The lowest BCUT2D eigenvalue weighted by molar-refractivity contribution is -0.0764. The van der Waals surface area contributed by atoms with Crippen molar-refractivity contribution in [1.29, 1.82) is 0 Å². The maximum atomic E-state index is 12.8. The van der Waals surface area contributed by atoms with Crippen molar-refractivity contribution >= 4 is 0 Å². The Labute approximate surface area is 536 Å². The fraction of sp³-hybridized carbons (Fsp3) is 1.00. The van der Waals surface area contributed by atoms with Gasteiger partial charge in [0, 0.05) is 126 Å². The lowest BCUT2D eigenvalue weighted by Gasteiger charge is -2.37. The van der Waals surface area contributed by atoms with Gasteiger partial charge in [-0.25, -0.2) is 8.78 Å². The molecule has 86 heavy (non-hydrogen) atoms. The molecule has 9 saturated heterocycles. The quantitative estimate of drug-likeness (QED) is 0.221. The van der Waals surface area contributed by atoms with Gasteiger partial charge in [-0.15, -0.1) is 0 Å². The number of ether oxygens (including phenoxy) is 2. The summed E-state index contributed by atoms with van der Waals surface area (Å²) in [5.41, 5.74) is 0. The van der Waals surface area contributed by atoms with Gasteiger partial charge in [-0.3, -0.25) is 19.6 Å². The summed E-state index contributed by atoms with van der Waals surface area (Å²) in [7, 11) is 2.19. The molecule has 0 bridgehead atoms. The van der Waals surface area contributed by atoms with Crippen LogP contribution in [-0.4, -0.2) is 273 Å². The van der Waals surface area contributed by atoms with Gasteiger partial charge < -0.3 is 38.9 Å². The van der Waals surface area contributed by atoms with E-state index < -0.39 is 5.92 Å². The Morgan fingerprint density at radius 2 is 0.640 bits per heavy atom. The van der Waals surface area contributed by atoms with Gasteiger partial charge in [0.25, 0.3) is 5.92 Å². The number of likely N-dealkylation sites (tertiary alicyclic amines) is 6. The minimum atomic E-state index is -2.44. The Morgan fingerprint density at radius 1 is 0.326 bits per heavy atom. The molecule has 0 spiro atoms. The smallest absolute Gasteiger partial charge is 0.260 e. The molecule has 4 atom stereocenters. The molecule has 0 aromatic carbocycles. The Morgan fingerprint density at radius 3 is 0.953 bits per heavy atom. The summed E-state index contributed by atoms with van der Waals surface area (Å²) >= 11 is 0. The van der Waals surface area contributed by atoms with E-state index >= 15 is 0 Å². The Kier molecular flexibility index (Phi) is 45.0. The van der Waals surface area contributed by atoms with Crippen molar-refractivity contribution in [2.45, 2.75) is 302 Å². The summed E-state index contributed by atoms with van der Waals surface area (Å²) in [6.07, 6.45) is 14.2. The summed E-state index contributed by atoms with van der Waals surface area (Å²) in [4.78, 5) is 24.4. The van der Waals surface area contributed by atoms with Crippen LogP contribution in [-0.2, 0) is 9.47 Å². The number of nitrogens with zero attached hydrogens (tertiary/aromatic N) is 10. The molecule has 0 aromatic rings. The zero-order chi connectivity index (χ0) is 65.1. The lowest BCUT2D eigenvalue weighted by Crippen LogP contribution is -2.48. The molecule has 0 radical (unpaired) electrons. The van der Waals surface area contributed by atoms with Gasteiger partial charge >= 0.3 is 0 Å². The highest BCUT2D eigenvalue weighted by Gasteiger charge is 2.36. The monoisotopic (exact) mass is 1230 g/mol. The maximum Gasteiger partial charge on any atom is 0.260 e. The SMILES string of the molecule is CC(C)N1CCC1.CC(C)N1CCCC(F)(F)C1.CC(C)N1CCCC1.CC(C)N1CCCCC1.CC(C)N1CCN(C)CC1.CC(C)N1CCOCC1.CC1CC(C)CN(C(C)C)C1.CC1CCN(C(C)C)CC1.CC1CN(C(C)C)CC(C)O1. The van der Waals surface area contributed by atoms with E-state index in [0.29, 0.717) is 30.7 Å². The lowest BCUT2D eigenvalue weighted by atomic mass is 9.91. The summed E-state index contributed by atoms with van der Waals surface area (Å²) in [6.45, 7) is 76.7. The van der Waals surface area contributed by atoms with Crippen LogP contribution in [0.4, 0.5) is 8.78 Å². The largest absolute Gasteiger partial charge is 0.379 e. The number of piperazine rings is 1. The molecule has 9 aliphatic heterocycles. The van der Waals surface area contributed by atoms with Gasteiger partial charge in [-0.05, 0) is 280 Å². The second kappa shape index (κ2) is 46.4. The predicted octanol–water partition coefficient (Wildman–Crippen LogP) is 14.0. The summed E-state index contributed by atoms with van der Waals surface area (Å²) in [6, 6.07) is 6.15. The van der Waals surface area contributed by atoms with Crippen LogP contribution >= 0.6 is 0 Å². The van der Waals surface area contributed by atoms with Crippen molar-refractivity contribution in [3.8, 4) is 0 Å². The molecular weight excluding hydrogens is 1070 g/mol. The van der Waals surface area contributed by atoms with Crippen LogP contribution in [0.5, 0.6) is 0 Å². The first-order chi connectivity index (χ1) is 40.3. The molecule has 12 nitrogen and oxygen atoms in total. The van der Waals surface area contributed by atoms with Gasteiger partial charge in [0.1, 0.15) is 0 Å². The van der Waals surface area contributed by atoms with E-state index in [-0.39, 0.29) is 19.0 Å². The number of rotatable bonds is 9. The Bertz CT molecular complexity index is 1450. The van der Waals surface area contributed by atoms with E-state index in [1.807, 2.05) is 18.7 Å². The average Bonchev–Trinajstić information content (AvgIpc) is 4.13. The molecule has 9 heterocycles. The first kappa shape index (κ1) is 83.4. The zero-order valence-corrected chi connectivity index (χ0v) is 62.0. The average molecular weight is 1230 g/mol. The van der Waals surface area contributed by atoms with Crippen LogP contribution in [0, 0.1) is 17.8 Å². The first-order valence-electron chi connectivity index (χ1n) is 36.3. The number of hydrogen-bond donors (Lipinski definition) is 0. The minimum Gasteiger partial charge on any atom is -0.379 e. The molecule has 0 amide bonds. The van der Waals surface area contributed by atoms with Crippen molar-refractivity contribution in [3.05, 3.63) is 0 Å². The summed E-state index contributed by atoms with van der Waals surface area (Å²) in [5.74, 6) is 0.333. The molecule has 0 N–H and O–H groups in total. The van der Waals surface area contributed by atoms with Crippen molar-refractivity contribution < 1.29 is 18.3 Å². The van der Waals surface area contributed by atoms with Crippen LogP contribution in [0.2, 0.25) is 0 Å². The predicted molar refractivity (Wildman–Crippen MR) is 372 cm³/mol. The third-order valence-corrected chi connectivity index (χ3v) is 19.2. The van der Waals surface area contributed by atoms with E-state index in [1.165, 1.54) is 149 Å². The Balaban J connectivity index is 0.000000485. The molecule has 516 valence electrons. The maximum absolute atomic E-state index is 12.8. The van der Waals surface area contributed by atoms with Crippen LogP contribution in [0.1, 0.15) is 230 Å². The number of alkyl halides is 2. The van der Waals surface area contributed by atoms with Gasteiger partial charge in [-0.2, -0.15) is 0 Å². The molecular formula is C72H152F2N10O2. The highest BCUT2D eigenvalue weighted by Crippen LogP contribution is 2.28. The molecule has 4 unspecified atom stereocenters. The number of halogens is 2. The van der Waals surface area contributed by atoms with Gasteiger partial charge in [0.05, 0.1) is 32.0 Å². The normalized spacial score (nSPS) is 26.5. The van der Waals surface area contributed by atoms with Gasteiger partial charge in [0.15, 0.2) is 0 Å². The third-order valence-electron chi connectivity index (χ3n) is 19.2. The van der Waals surface area contributed by atoms with E-state index in [2.05, 4.69) is 197 Å². The number of piperidine rings is 4. The molecule has 0 aromatic heterocycles. The standard InChI is InChI=1S/C10H21N.C9H19NO.C9H19N.C8H15F2N.C8H18N2.C8H17N.C7H15NO.C7H15N.C6H13N/c1-8(2)11-6-9(3)5-10(4)7-11;1-7(2)10-5-8(3)11-9(4)6-10;1-8(2)10-6-4-9(3)5-7-10;1-7(2)11-5-3-4-8(9,10)6-11;1-8(2)10-6-4-9(3)5-7-10;1-8(2)9-6-4-3-5-7-9;1-7(2)8-3-5-9-6-4-8;1-7(2)8-5-3-4-6-8;1-6(2)7-4-3-5-7/h8-10H,5-7H2,1-4H3;7-9H,5-6H2,1-4H3;8-9H,4-7H2,1-3H3;7H,3-6H2,1-2H3;8H,4-7H2,1-3H3;8H,3-7H2,1-2H3;7H,3-6H2,1-2H3;7H,3-6H2,1-2H3;6H,3-5H2,1-2H3. The van der Waals surface area contributed by atoms with E-state index in [4.69, 9.17) is 9.47 Å². The molecule has 0 aliphatic carbocycles. The van der Waals surface area contributed by atoms with Crippen molar-refractivity contribution in [1.82, 2.24) is 49.0 Å². The first-order valence-corrected chi connectivity index (χ1v) is 36.3. The fourth-order valence-electron chi connectivity index (χ4n) is 12.7. The van der Waals surface area contributed by atoms with Crippen molar-refractivity contribution in [3.63, 3.8) is 0 Å². The highest BCUT2D eigenvalue weighted by atomic mass is 19.3.